The second-order valence-electron chi connectivity index (χ2n) is 5.28. The Morgan fingerprint density at radius 2 is 2.26 bits per heavy atom. The quantitative estimate of drug-likeness (QED) is 0.885. The van der Waals surface area contributed by atoms with Crippen LogP contribution in [0.1, 0.15) is 31.1 Å². The highest BCUT2D eigenvalue weighted by molar-refractivity contribution is 5.85. The normalized spacial score (nSPS) is 23.6. The van der Waals surface area contributed by atoms with Crippen molar-refractivity contribution < 1.29 is 4.79 Å². The lowest BCUT2D eigenvalue weighted by Crippen LogP contribution is -2.51. The molecule has 106 valence electrons. The molecule has 1 saturated heterocycles. The number of carbonyl (C=O) groups excluding carboxylic acids is 1. The lowest BCUT2D eigenvalue weighted by atomic mass is 9.84. The Balaban J connectivity index is 0.00000133. The zero-order valence-electron chi connectivity index (χ0n) is 11.2. The van der Waals surface area contributed by atoms with Crippen molar-refractivity contribution in [2.45, 2.75) is 25.3 Å². The molecular formula is C13H21ClN4O. The van der Waals surface area contributed by atoms with Gasteiger partial charge in [-0.3, -0.25) is 4.79 Å². The molecule has 1 aliphatic heterocycles. The third kappa shape index (κ3) is 2.62. The van der Waals surface area contributed by atoms with Gasteiger partial charge in [-0.15, -0.1) is 12.4 Å². The van der Waals surface area contributed by atoms with Gasteiger partial charge >= 0.3 is 0 Å². The minimum absolute atomic E-state index is 0. The van der Waals surface area contributed by atoms with Gasteiger partial charge in [-0.05, 0) is 12.8 Å². The van der Waals surface area contributed by atoms with Crippen LogP contribution in [0.25, 0.3) is 0 Å². The van der Waals surface area contributed by atoms with E-state index in [1.165, 1.54) is 6.42 Å². The Kier molecular flexibility index (Phi) is 4.47. The number of nitrogens with one attached hydrogen (secondary N) is 1. The maximum atomic E-state index is 12.5. The first-order chi connectivity index (χ1) is 8.77. The van der Waals surface area contributed by atoms with Gasteiger partial charge < -0.3 is 14.8 Å². The highest BCUT2D eigenvalue weighted by Gasteiger charge is 2.36. The number of halogens is 1. The van der Waals surface area contributed by atoms with Crippen LogP contribution in [-0.2, 0) is 11.8 Å². The number of hydrogen-bond acceptors (Lipinski definition) is 3. The molecule has 5 nitrogen and oxygen atoms in total. The van der Waals surface area contributed by atoms with E-state index in [0.717, 1.165) is 38.3 Å². The van der Waals surface area contributed by atoms with Gasteiger partial charge in [0.2, 0.25) is 5.91 Å². The number of piperazine rings is 1. The van der Waals surface area contributed by atoms with Crippen molar-refractivity contribution >= 4 is 18.3 Å². The van der Waals surface area contributed by atoms with Crippen LogP contribution in [-0.4, -0.2) is 40.0 Å². The predicted octanol–water partition coefficient (Wildman–Crippen LogP) is 1.11. The van der Waals surface area contributed by atoms with E-state index >= 15 is 0 Å². The summed E-state index contributed by atoms with van der Waals surface area (Å²) in [4.78, 5) is 18.9. The van der Waals surface area contributed by atoms with Crippen molar-refractivity contribution in [2.24, 2.45) is 13.0 Å². The standard InChI is InChI=1S/C13H20N4O.ClH/c1-16-7-6-15-12(16)11-9-14-5-8-17(11)13(18)10-3-2-4-10;/h6-7,10-11,14H,2-5,8-9H2,1H3;1H. The fraction of sp³-hybridized carbons (Fsp3) is 0.692. The molecule has 2 aliphatic rings. The molecule has 1 N–H and O–H groups in total. The molecule has 2 heterocycles. The highest BCUT2D eigenvalue weighted by atomic mass is 35.5. The summed E-state index contributed by atoms with van der Waals surface area (Å²) in [6.45, 7) is 2.50. The van der Waals surface area contributed by atoms with Gasteiger partial charge in [0.15, 0.2) is 0 Å². The van der Waals surface area contributed by atoms with E-state index in [0.29, 0.717) is 5.91 Å². The van der Waals surface area contributed by atoms with E-state index in [9.17, 15) is 4.79 Å². The Bertz CT molecular complexity index is 444. The summed E-state index contributed by atoms with van der Waals surface area (Å²) in [5.74, 6) is 1.58. The number of imidazole rings is 1. The van der Waals surface area contributed by atoms with Gasteiger partial charge in [-0.1, -0.05) is 6.42 Å². The first-order valence-corrected chi connectivity index (χ1v) is 6.76. The molecule has 1 amide bonds. The molecule has 1 unspecified atom stereocenters. The SMILES string of the molecule is Cl.Cn1ccnc1C1CNCCN1C(=O)C1CCC1. The largest absolute Gasteiger partial charge is 0.336 e. The van der Waals surface area contributed by atoms with Crippen LogP contribution in [0.5, 0.6) is 0 Å². The fourth-order valence-electron chi connectivity index (χ4n) is 2.79. The molecule has 0 bridgehead atoms. The predicted molar refractivity (Wildman–Crippen MR) is 75.1 cm³/mol. The molecule has 1 aromatic heterocycles. The second kappa shape index (κ2) is 5.92. The molecule has 1 atom stereocenters. The molecule has 3 rings (SSSR count). The third-order valence-electron chi connectivity index (χ3n) is 4.14. The third-order valence-corrected chi connectivity index (χ3v) is 4.14. The molecule has 2 fully saturated rings. The van der Waals surface area contributed by atoms with E-state index in [2.05, 4.69) is 10.3 Å². The topological polar surface area (TPSA) is 50.2 Å². The van der Waals surface area contributed by atoms with Gasteiger partial charge in [0, 0.05) is 45.0 Å². The summed E-state index contributed by atoms with van der Waals surface area (Å²) >= 11 is 0. The molecule has 1 aromatic rings. The van der Waals surface area contributed by atoms with Crippen LogP contribution in [0, 0.1) is 5.92 Å². The minimum atomic E-state index is 0. The molecular weight excluding hydrogens is 264 g/mol. The molecule has 0 radical (unpaired) electrons. The average molecular weight is 285 g/mol. The van der Waals surface area contributed by atoms with Crippen molar-refractivity contribution in [3.8, 4) is 0 Å². The van der Waals surface area contributed by atoms with E-state index < -0.39 is 0 Å². The average Bonchev–Trinajstić information content (AvgIpc) is 2.73. The summed E-state index contributed by atoms with van der Waals surface area (Å²) in [6, 6.07) is 0.0897. The van der Waals surface area contributed by atoms with Crippen molar-refractivity contribution in [1.29, 1.82) is 0 Å². The first-order valence-electron chi connectivity index (χ1n) is 6.76. The van der Waals surface area contributed by atoms with Crippen molar-refractivity contribution in [1.82, 2.24) is 19.8 Å². The lowest BCUT2D eigenvalue weighted by Gasteiger charge is -2.39. The first kappa shape index (κ1) is 14.3. The highest BCUT2D eigenvalue weighted by Crippen LogP contribution is 2.31. The van der Waals surface area contributed by atoms with Crippen LogP contribution in [0.3, 0.4) is 0 Å². The number of nitrogens with zero attached hydrogens (tertiary/aromatic N) is 3. The van der Waals surface area contributed by atoms with Crippen LogP contribution in [0.2, 0.25) is 0 Å². The van der Waals surface area contributed by atoms with E-state index in [1.54, 1.807) is 6.20 Å². The number of carbonyl (C=O) groups is 1. The Hall–Kier alpha value is -1.07. The van der Waals surface area contributed by atoms with Crippen molar-refractivity contribution in [2.75, 3.05) is 19.6 Å². The zero-order valence-corrected chi connectivity index (χ0v) is 12.0. The summed E-state index contributed by atoms with van der Waals surface area (Å²) in [7, 11) is 1.99. The maximum absolute atomic E-state index is 12.5. The van der Waals surface area contributed by atoms with Crippen molar-refractivity contribution in [3.63, 3.8) is 0 Å². The van der Waals surface area contributed by atoms with Gasteiger partial charge in [0.25, 0.3) is 0 Å². The monoisotopic (exact) mass is 284 g/mol. The van der Waals surface area contributed by atoms with Crippen LogP contribution in [0.15, 0.2) is 12.4 Å². The Morgan fingerprint density at radius 1 is 1.47 bits per heavy atom. The van der Waals surface area contributed by atoms with E-state index in [1.807, 2.05) is 22.7 Å². The summed E-state index contributed by atoms with van der Waals surface area (Å²) in [5, 5.41) is 3.36. The van der Waals surface area contributed by atoms with Crippen LogP contribution >= 0.6 is 12.4 Å². The number of amides is 1. The van der Waals surface area contributed by atoms with Crippen LogP contribution < -0.4 is 5.32 Å². The lowest BCUT2D eigenvalue weighted by molar-refractivity contribution is -0.141. The number of aryl methyl sites for hydroxylation is 1. The smallest absolute Gasteiger partial charge is 0.226 e. The molecule has 1 aliphatic carbocycles. The fourth-order valence-corrected chi connectivity index (χ4v) is 2.79. The maximum Gasteiger partial charge on any atom is 0.226 e. The van der Waals surface area contributed by atoms with E-state index in [4.69, 9.17) is 0 Å². The van der Waals surface area contributed by atoms with Crippen molar-refractivity contribution in [3.05, 3.63) is 18.2 Å². The summed E-state index contributed by atoms with van der Waals surface area (Å²) < 4.78 is 2.01. The molecule has 0 spiro atoms. The van der Waals surface area contributed by atoms with Gasteiger partial charge in [-0.2, -0.15) is 0 Å². The van der Waals surface area contributed by atoms with Crippen LogP contribution in [0.4, 0.5) is 0 Å². The second-order valence-corrected chi connectivity index (χ2v) is 5.28. The Labute approximate surface area is 119 Å². The van der Waals surface area contributed by atoms with E-state index in [-0.39, 0.29) is 24.4 Å². The molecule has 6 heteroatoms. The number of aromatic nitrogens is 2. The Morgan fingerprint density at radius 3 is 2.84 bits per heavy atom. The minimum Gasteiger partial charge on any atom is -0.336 e. The number of rotatable bonds is 2. The molecule has 19 heavy (non-hydrogen) atoms. The molecule has 0 aromatic carbocycles. The summed E-state index contributed by atoms with van der Waals surface area (Å²) in [5.41, 5.74) is 0. The van der Waals surface area contributed by atoms with Gasteiger partial charge in [0.05, 0.1) is 0 Å². The van der Waals surface area contributed by atoms with Gasteiger partial charge in [0.1, 0.15) is 11.9 Å². The molecule has 1 saturated carbocycles. The summed E-state index contributed by atoms with van der Waals surface area (Å²) in [6.07, 6.45) is 7.08. The number of hydrogen-bond donors (Lipinski definition) is 1. The van der Waals surface area contributed by atoms with Gasteiger partial charge in [-0.25, -0.2) is 4.98 Å². The zero-order chi connectivity index (χ0) is 12.5.